The molecule has 0 fully saturated rings. The zero-order valence-electron chi connectivity index (χ0n) is 18.6. The van der Waals surface area contributed by atoms with Crippen LogP contribution in [-0.2, 0) is 26.2 Å². The van der Waals surface area contributed by atoms with Crippen molar-refractivity contribution in [3.8, 4) is 0 Å². The van der Waals surface area contributed by atoms with Crippen LogP contribution in [0.1, 0.15) is 32.3 Å². The molecule has 0 bridgehead atoms. The summed E-state index contributed by atoms with van der Waals surface area (Å²) in [5.41, 5.74) is 1.06. The molecule has 0 saturated heterocycles. The molecule has 2 aromatic rings. The van der Waals surface area contributed by atoms with Gasteiger partial charge in [0, 0.05) is 18.1 Å². The van der Waals surface area contributed by atoms with E-state index in [4.69, 9.17) is 11.6 Å². The fraction of sp³-hybridized carbons (Fsp3) is 0.391. The number of nitrogens with one attached hydrogen (secondary N) is 1. The Kier molecular flexibility index (Phi) is 9.53. The van der Waals surface area contributed by atoms with E-state index >= 15 is 0 Å². The number of hydrogen-bond donors (Lipinski definition) is 1. The first-order valence-electron chi connectivity index (χ1n) is 10.5. The van der Waals surface area contributed by atoms with Crippen LogP contribution >= 0.6 is 11.6 Å². The number of halogens is 1. The third kappa shape index (κ3) is 6.97. The lowest BCUT2D eigenvalue weighted by atomic mass is 10.1. The number of hydrogen-bond acceptors (Lipinski definition) is 4. The van der Waals surface area contributed by atoms with Gasteiger partial charge in [-0.2, -0.15) is 0 Å². The average molecular weight is 480 g/mol. The molecule has 0 aromatic heterocycles. The summed E-state index contributed by atoms with van der Waals surface area (Å²) in [5, 5.41) is 3.31. The van der Waals surface area contributed by atoms with Crippen molar-refractivity contribution in [2.24, 2.45) is 0 Å². The monoisotopic (exact) mass is 479 g/mol. The summed E-state index contributed by atoms with van der Waals surface area (Å²) in [5.74, 6) is -0.766. The molecule has 0 aliphatic carbocycles. The van der Waals surface area contributed by atoms with Gasteiger partial charge in [-0.05, 0) is 36.6 Å². The van der Waals surface area contributed by atoms with E-state index in [2.05, 4.69) is 5.32 Å². The van der Waals surface area contributed by atoms with Gasteiger partial charge in [-0.25, -0.2) is 8.42 Å². The van der Waals surface area contributed by atoms with E-state index in [1.165, 1.54) is 4.90 Å². The number of carbonyl (C=O) groups is 2. The first-order chi connectivity index (χ1) is 15.2. The normalized spacial score (nSPS) is 12.1. The van der Waals surface area contributed by atoms with Gasteiger partial charge in [-0.1, -0.05) is 61.8 Å². The van der Waals surface area contributed by atoms with Crippen molar-refractivity contribution >= 4 is 39.1 Å². The molecule has 1 N–H and O–H groups in total. The largest absolute Gasteiger partial charge is 0.354 e. The quantitative estimate of drug-likeness (QED) is 0.534. The molecule has 0 heterocycles. The molecule has 2 rings (SSSR count). The van der Waals surface area contributed by atoms with E-state index in [0.29, 0.717) is 29.2 Å². The summed E-state index contributed by atoms with van der Waals surface area (Å²) in [7, 11) is -3.74. The zero-order valence-corrected chi connectivity index (χ0v) is 20.2. The SMILES string of the molecule is CCCNC(=O)C(CC)N(Cc1ccccc1Cl)C(=O)CN(c1ccccc1)S(C)(=O)=O. The number of para-hydroxylation sites is 1. The number of benzene rings is 2. The second kappa shape index (κ2) is 11.9. The number of sulfonamides is 1. The summed E-state index contributed by atoms with van der Waals surface area (Å²) < 4.78 is 26.0. The average Bonchev–Trinajstić information content (AvgIpc) is 2.76. The van der Waals surface area contributed by atoms with Crippen molar-refractivity contribution in [3.05, 3.63) is 65.2 Å². The third-order valence-electron chi connectivity index (χ3n) is 4.96. The fourth-order valence-electron chi connectivity index (χ4n) is 3.30. The van der Waals surface area contributed by atoms with Crippen molar-refractivity contribution in [2.75, 3.05) is 23.7 Å². The zero-order chi connectivity index (χ0) is 23.7. The first kappa shape index (κ1) is 25.7. The predicted octanol–water partition coefficient (Wildman–Crippen LogP) is 3.44. The van der Waals surface area contributed by atoms with Crippen molar-refractivity contribution < 1.29 is 18.0 Å². The molecule has 0 spiro atoms. The van der Waals surface area contributed by atoms with Crippen LogP contribution in [0.25, 0.3) is 0 Å². The summed E-state index contributed by atoms with van der Waals surface area (Å²) in [4.78, 5) is 27.7. The Morgan fingerprint density at radius 3 is 2.22 bits per heavy atom. The molecular weight excluding hydrogens is 450 g/mol. The van der Waals surface area contributed by atoms with E-state index in [0.717, 1.165) is 17.0 Å². The Balaban J connectivity index is 2.41. The molecule has 0 aliphatic rings. The minimum Gasteiger partial charge on any atom is -0.354 e. The smallest absolute Gasteiger partial charge is 0.244 e. The lowest BCUT2D eigenvalue weighted by Gasteiger charge is -2.33. The van der Waals surface area contributed by atoms with E-state index in [1.54, 1.807) is 54.6 Å². The van der Waals surface area contributed by atoms with Crippen LogP contribution in [0.2, 0.25) is 5.02 Å². The standard InChI is InChI=1S/C23H30ClN3O4S/c1-4-15-25-23(29)21(5-2)26(16-18-11-9-10-14-20(18)24)22(28)17-27(32(3,30)31)19-12-7-6-8-13-19/h6-14,21H,4-5,15-17H2,1-3H3,(H,25,29). The van der Waals surface area contributed by atoms with Gasteiger partial charge in [0.1, 0.15) is 12.6 Å². The molecule has 9 heteroatoms. The molecule has 7 nitrogen and oxygen atoms in total. The molecule has 1 atom stereocenters. The maximum atomic E-state index is 13.5. The molecule has 0 radical (unpaired) electrons. The van der Waals surface area contributed by atoms with E-state index in [9.17, 15) is 18.0 Å². The summed E-state index contributed by atoms with van der Waals surface area (Å²) >= 11 is 6.31. The van der Waals surface area contributed by atoms with Gasteiger partial charge >= 0.3 is 0 Å². The Morgan fingerprint density at radius 2 is 1.66 bits per heavy atom. The van der Waals surface area contributed by atoms with Gasteiger partial charge in [0.25, 0.3) is 0 Å². The Hall–Kier alpha value is -2.58. The lowest BCUT2D eigenvalue weighted by molar-refractivity contribution is -0.140. The van der Waals surface area contributed by atoms with E-state index in [-0.39, 0.29) is 12.5 Å². The van der Waals surface area contributed by atoms with Gasteiger partial charge in [0.2, 0.25) is 21.8 Å². The maximum absolute atomic E-state index is 13.5. The number of anilines is 1. The molecule has 2 amide bonds. The van der Waals surface area contributed by atoms with Crippen molar-refractivity contribution in [1.82, 2.24) is 10.2 Å². The van der Waals surface area contributed by atoms with Gasteiger partial charge in [-0.15, -0.1) is 0 Å². The second-order valence-electron chi connectivity index (χ2n) is 7.43. The fourth-order valence-corrected chi connectivity index (χ4v) is 4.35. The predicted molar refractivity (Wildman–Crippen MR) is 128 cm³/mol. The second-order valence-corrected chi connectivity index (χ2v) is 9.75. The summed E-state index contributed by atoms with van der Waals surface area (Å²) in [6, 6.07) is 14.7. The number of nitrogens with zero attached hydrogens (tertiary/aromatic N) is 2. The highest BCUT2D eigenvalue weighted by Gasteiger charge is 2.31. The molecule has 0 aliphatic heterocycles. The van der Waals surface area contributed by atoms with Crippen molar-refractivity contribution in [2.45, 2.75) is 39.3 Å². The number of amides is 2. The first-order valence-corrected chi connectivity index (χ1v) is 12.7. The van der Waals surface area contributed by atoms with Crippen LogP contribution in [-0.4, -0.2) is 50.5 Å². The molecule has 0 saturated carbocycles. The van der Waals surface area contributed by atoms with Gasteiger partial charge in [0.05, 0.1) is 11.9 Å². The van der Waals surface area contributed by atoms with Crippen LogP contribution < -0.4 is 9.62 Å². The van der Waals surface area contributed by atoms with E-state index < -0.39 is 28.5 Å². The van der Waals surface area contributed by atoms with Crippen molar-refractivity contribution in [3.63, 3.8) is 0 Å². The highest BCUT2D eigenvalue weighted by molar-refractivity contribution is 7.92. The van der Waals surface area contributed by atoms with Crippen LogP contribution in [0.3, 0.4) is 0 Å². The van der Waals surface area contributed by atoms with E-state index in [1.807, 2.05) is 13.8 Å². The Bertz CT molecular complexity index is 1010. The molecule has 1 unspecified atom stereocenters. The maximum Gasteiger partial charge on any atom is 0.244 e. The third-order valence-corrected chi connectivity index (χ3v) is 6.47. The van der Waals surface area contributed by atoms with Gasteiger partial charge in [-0.3, -0.25) is 13.9 Å². The Morgan fingerprint density at radius 1 is 1.03 bits per heavy atom. The minimum atomic E-state index is -3.74. The van der Waals surface area contributed by atoms with Crippen molar-refractivity contribution in [1.29, 1.82) is 0 Å². The molecule has 32 heavy (non-hydrogen) atoms. The number of rotatable bonds is 11. The topological polar surface area (TPSA) is 86.8 Å². The highest BCUT2D eigenvalue weighted by atomic mass is 35.5. The summed E-state index contributed by atoms with van der Waals surface area (Å²) in [6.45, 7) is 3.91. The summed E-state index contributed by atoms with van der Waals surface area (Å²) in [6.07, 6.45) is 2.18. The van der Waals surface area contributed by atoms with Crippen LogP contribution in [0.15, 0.2) is 54.6 Å². The molecule has 174 valence electrons. The lowest BCUT2D eigenvalue weighted by Crippen LogP contribution is -2.52. The van der Waals surface area contributed by atoms with Crippen LogP contribution in [0.4, 0.5) is 5.69 Å². The number of carbonyl (C=O) groups excluding carboxylic acids is 2. The van der Waals surface area contributed by atoms with Crippen LogP contribution in [0, 0.1) is 0 Å². The minimum absolute atomic E-state index is 0.0863. The molecule has 2 aromatic carbocycles. The van der Waals surface area contributed by atoms with Crippen LogP contribution in [0.5, 0.6) is 0 Å². The van der Waals surface area contributed by atoms with Gasteiger partial charge < -0.3 is 10.2 Å². The Labute approximate surface area is 195 Å². The van der Waals surface area contributed by atoms with Gasteiger partial charge in [0.15, 0.2) is 0 Å². The highest BCUT2D eigenvalue weighted by Crippen LogP contribution is 2.22. The molecular formula is C23H30ClN3O4S.